The van der Waals surface area contributed by atoms with E-state index in [1.807, 2.05) is 24.3 Å². The summed E-state index contributed by atoms with van der Waals surface area (Å²) in [4.78, 5) is 37.5. The molecule has 0 bridgehead atoms. The van der Waals surface area contributed by atoms with Gasteiger partial charge in [-0.2, -0.15) is 0 Å². The van der Waals surface area contributed by atoms with E-state index < -0.39 is 17.9 Å². The zero-order valence-electron chi connectivity index (χ0n) is 22.9. The van der Waals surface area contributed by atoms with Crippen molar-refractivity contribution in [2.45, 2.75) is 71.1 Å². The topological polar surface area (TPSA) is 113 Å². The molecule has 0 aromatic heterocycles. The summed E-state index contributed by atoms with van der Waals surface area (Å²) in [6, 6.07) is 12.4. The molecule has 212 valence electrons. The number of carbonyl (C=O) groups excluding carboxylic acids is 1. The zero-order chi connectivity index (χ0) is 28.0. The molecule has 1 aliphatic heterocycles. The summed E-state index contributed by atoms with van der Waals surface area (Å²) in [7, 11) is 0. The minimum atomic E-state index is -1.13. The maximum Gasteiger partial charge on any atom is 0.335 e. The highest BCUT2D eigenvalue weighted by molar-refractivity contribution is 6.00. The summed E-state index contributed by atoms with van der Waals surface area (Å²) < 4.78 is 11.8. The molecule has 2 aromatic rings. The Kier molecular flexibility index (Phi) is 12.1. The molecule has 2 aromatic carbocycles. The maximum atomic E-state index is 13.2. The Hall–Kier alpha value is -3.55. The van der Waals surface area contributed by atoms with Crippen molar-refractivity contribution < 1.29 is 34.1 Å². The minimum absolute atomic E-state index is 0.00456. The van der Waals surface area contributed by atoms with Crippen molar-refractivity contribution in [3.05, 3.63) is 59.2 Å². The average Bonchev–Trinajstić information content (AvgIpc) is 2.95. The lowest BCUT2D eigenvalue weighted by Gasteiger charge is -2.30. The number of aromatic carboxylic acids is 1. The number of unbranched alkanes of at least 4 members (excludes halogenated alkanes) is 5. The second kappa shape index (κ2) is 15.8. The monoisotopic (exact) mass is 539 g/mol. The number of aryl methyl sites for hydroxylation is 1. The Balaban J connectivity index is 1.48. The van der Waals surface area contributed by atoms with E-state index in [0.717, 1.165) is 37.2 Å². The number of hydrogen-bond donors (Lipinski definition) is 2. The first-order valence-corrected chi connectivity index (χ1v) is 14.1. The summed E-state index contributed by atoms with van der Waals surface area (Å²) in [6.07, 6.45) is 9.65. The highest BCUT2D eigenvalue weighted by Gasteiger charge is 2.29. The third-order valence-corrected chi connectivity index (χ3v) is 7.15. The van der Waals surface area contributed by atoms with Gasteiger partial charge in [-0.25, -0.2) is 4.79 Å². The van der Waals surface area contributed by atoms with E-state index in [1.165, 1.54) is 50.3 Å². The SMILES string of the molecule is CCCCCCCCOc1ccc(CCCOc2ccc(C(=O)O)cc2C(=O)N2CCC(C(=O)O)CC2)cc1. The van der Waals surface area contributed by atoms with Crippen LogP contribution in [0.3, 0.4) is 0 Å². The molecule has 1 saturated heterocycles. The van der Waals surface area contributed by atoms with Gasteiger partial charge in [-0.3, -0.25) is 9.59 Å². The number of amides is 1. The summed E-state index contributed by atoms with van der Waals surface area (Å²) in [5.41, 5.74) is 1.35. The van der Waals surface area contributed by atoms with E-state index >= 15 is 0 Å². The van der Waals surface area contributed by atoms with Crippen molar-refractivity contribution >= 4 is 17.8 Å². The van der Waals surface area contributed by atoms with Crippen molar-refractivity contribution in [2.24, 2.45) is 5.92 Å². The molecule has 0 saturated carbocycles. The quantitative estimate of drug-likeness (QED) is 0.249. The molecule has 1 amide bonds. The van der Waals surface area contributed by atoms with E-state index in [-0.39, 0.29) is 17.0 Å². The van der Waals surface area contributed by atoms with Crippen LogP contribution in [0, 0.1) is 5.92 Å². The highest BCUT2D eigenvalue weighted by atomic mass is 16.5. The van der Waals surface area contributed by atoms with Crippen LogP contribution >= 0.6 is 0 Å². The number of carboxylic acid groups (broad SMARTS) is 2. The van der Waals surface area contributed by atoms with E-state index in [1.54, 1.807) is 4.90 Å². The number of ether oxygens (including phenoxy) is 2. The van der Waals surface area contributed by atoms with E-state index in [9.17, 15) is 24.6 Å². The van der Waals surface area contributed by atoms with Crippen LogP contribution in [-0.2, 0) is 11.2 Å². The Morgan fingerprint density at radius 3 is 2.18 bits per heavy atom. The van der Waals surface area contributed by atoms with Crippen LogP contribution in [0.25, 0.3) is 0 Å². The van der Waals surface area contributed by atoms with Crippen LogP contribution in [0.1, 0.15) is 91.0 Å². The number of aliphatic carboxylic acids is 1. The Labute approximate surface area is 230 Å². The van der Waals surface area contributed by atoms with E-state index in [4.69, 9.17) is 9.47 Å². The number of nitrogens with zero attached hydrogens (tertiary/aromatic N) is 1. The number of piperidine rings is 1. The molecule has 3 rings (SSSR count). The van der Waals surface area contributed by atoms with Gasteiger partial charge in [0.15, 0.2) is 0 Å². The number of benzene rings is 2. The first-order chi connectivity index (χ1) is 18.9. The fraction of sp³-hybridized carbons (Fsp3) is 0.516. The van der Waals surface area contributed by atoms with Crippen molar-refractivity contribution in [2.75, 3.05) is 26.3 Å². The van der Waals surface area contributed by atoms with Crippen molar-refractivity contribution in [3.8, 4) is 11.5 Å². The fourth-order valence-corrected chi connectivity index (χ4v) is 4.74. The lowest BCUT2D eigenvalue weighted by Crippen LogP contribution is -2.40. The van der Waals surface area contributed by atoms with Crippen LogP contribution in [0.15, 0.2) is 42.5 Å². The molecule has 39 heavy (non-hydrogen) atoms. The Bertz CT molecular complexity index is 1070. The van der Waals surface area contributed by atoms with Crippen molar-refractivity contribution in [1.82, 2.24) is 4.90 Å². The van der Waals surface area contributed by atoms with Crippen LogP contribution in [0.5, 0.6) is 11.5 Å². The number of rotatable bonds is 16. The molecule has 8 nitrogen and oxygen atoms in total. The normalized spacial score (nSPS) is 13.7. The predicted molar refractivity (Wildman–Crippen MR) is 149 cm³/mol. The first kappa shape index (κ1) is 30.0. The molecule has 0 aliphatic carbocycles. The molecule has 2 N–H and O–H groups in total. The Morgan fingerprint density at radius 2 is 1.51 bits per heavy atom. The third-order valence-electron chi connectivity index (χ3n) is 7.15. The van der Waals surface area contributed by atoms with Gasteiger partial charge in [0.25, 0.3) is 5.91 Å². The molecule has 1 heterocycles. The predicted octanol–water partition coefficient (Wildman–Crippen LogP) is 6.07. The molecular formula is C31H41NO7. The molecule has 1 fully saturated rings. The van der Waals surface area contributed by atoms with Crippen LogP contribution in [0.2, 0.25) is 0 Å². The molecule has 8 heteroatoms. The van der Waals surface area contributed by atoms with E-state index in [2.05, 4.69) is 6.92 Å². The van der Waals surface area contributed by atoms with Crippen LogP contribution in [0.4, 0.5) is 0 Å². The van der Waals surface area contributed by atoms with Crippen molar-refractivity contribution in [3.63, 3.8) is 0 Å². The van der Waals surface area contributed by atoms with E-state index in [0.29, 0.717) is 38.3 Å². The lowest BCUT2D eigenvalue weighted by atomic mass is 9.96. The van der Waals surface area contributed by atoms with Gasteiger partial charge in [0.05, 0.1) is 30.3 Å². The number of carbonyl (C=O) groups is 3. The largest absolute Gasteiger partial charge is 0.494 e. The molecule has 0 radical (unpaired) electrons. The first-order valence-electron chi connectivity index (χ1n) is 14.1. The highest BCUT2D eigenvalue weighted by Crippen LogP contribution is 2.26. The smallest absolute Gasteiger partial charge is 0.335 e. The second-order valence-electron chi connectivity index (χ2n) is 10.1. The number of hydrogen-bond acceptors (Lipinski definition) is 5. The van der Waals surface area contributed by atoms with Gasteiger partial charge in [-0.05, 0) is 68.0 Å². The van der Waals surface area contributed by atoms with Crippen LogP contribution in [-0.4, -0.2) is 59.3 Å². The summed E-state index contributed by atoms with van der Waals surface area (Å²) >= 11 is 0. The molecule has 1 aliphatic rings. The van der Waals surface area contributed by atoms with Gasteiger partial charge in [0.1, 0.15) is 11.5 Å². The van der Waals surface area contributed by atoms with Crippen molar-refractivity contribution in [1.29, 1.82) is 0 Å². The summed E-state index contributed by atoms with van der Waals surface area (Å²) in [5, 5.41) is 18.6. The lowest BCUT2D eigenvalue weighted by molar-refractivity contribution is -0.143. The van der Waals surface area contributed by atoms with Gasteiger partial charge in [0, 0.05) is 13.1 Å². The van der Waals surface area contributed by atoms with Gasteiger partial charge in [0.2, 0.25) is 0 Å². The standard InChI is InChI=1S/C31H41NO7/c1-2-3-4-5-6-7-20-38-26-13-10-23(11-14-26)9-8-21-39-28-15-12-25(31(36)37)22-27(28)29(33)32-18-16-24(17-19-32)30(34)35/h10-15,22,24H,2-9,16-21H2,1H3,(H,34,35)(H,36,37). The molecule has 0 atom stereocenters. The fourth-order valence-electron chi connectivity index (χ4n) is 4.74. The minimum Gasteiger partial charge on any atom is -0.494 e. The Morgan fingerprint density at radius 1 is 0.846 bits per heavy atom. The molecule has 0 unspecified atom stereocenters. The maximum absolute atomic E-state index is 13.2. The van der Waals surface area contributed by atoms with Gasteiger partial charge in [-0.1, -0.05) is 51.2 Å². The van der Waals surface area contributed by atoms with Crippen LogP contribution < -0.4 is 9.47 Å². The van der Waals surface area contributed by atoms with Gasteiger partial charge >= 0.3 is 11.9 Å². The summed E-state index contributed by atoms with van der Waals surface area (Å²) in [6.45, 7) is 3.94. The number of carboxylic acids is 2. The molecule has 0 spiro atoms. The van der Waals surface area contributed by atoms with Gasteiger partial charge < -0.3 is 24.6 Å². The van der Waals surface area contributed by atoms with Gasteiger partial charge in [-0.15, -0.1) is 0 Å². The zero-order valence-corrected chi connectivity index (χ0v) is 22.9. The second-order valence-corrected chi connectivity index (χ2v) is 10.1. The molecular weight excluding hydrogens is 498 g/mol. The summed E-state index contributed by atoms with van der Waals surface area (Å²) in [5.74, 6) is -1.57. The average molecular weight is 540 g/mol. The third kappa shape index (κ3) is 9.61. The number of likely N-dealkylation sites (tertiary alicyclic amines) is 1.